The number of halogens is 4. The molecular weight excluding hydrogens is 479 g/mol. The van der Waals surface area contributed by atoms with Crippen LogP contribution in [-0.4, -0.2) is 35.2 Å². The third-order valence-corrected chi connectivity index (χ3v) is 7.71. The molecule has 12 heteroatoms. The zero-order valence-corrected chi connectivity index (χ0v) is 19.2. The van der Waals surface area contributed by atoms with E-state index in [1.54, 1.807) is 10.8 Å². The quantitative estimate of drug-likeness (QED) is 0.541. The lowest BCUT2D eigenvalue weighted by Gasteiger charge is -2.29. The van der Waals surface area contributed by atoms with Gasteiger partial charge in [0, 0.05) is 16.5 Å². The molecule has 7 nitrogen and oxygen atoms in total. The number of sulfonamides is 1. The van der Waals surface area contributed by atoms with Gasteiger partial charge in [-0.25, -0.2) is 18.4 Å². The van der Waals surface area contributed by atoms with Gasteiger partial charge in [0.2, 0.25) is 10.0 Å². The second kappa shape index (κ2) is 8.27. The summed E-state index contributed by atoms with van der Waals surface area (Å²) in [5.74, 6) is 0.103. The smallest absolute Gasteiger partial charge is 0.334 e. The highest BCUT2D eigenvalue weighted by Crippen LogP contribution is 2.42. The highest BCUT2D eigenvalue weighted by atomic mass is 35.5. The number of aryl methyl sites for hydroxylation is 1. The molecule has 0 saturated heterocycles. The minimum atomic E-state index is -4.74. The van der Waals surface area contributed by atoms with Crippen molar-refractivity contribution in [3.05, 3.63) is 40.7 Å². The lowest BCUT2D eigenvalue weighted by molar-refractivity contribution is -0.147. The van der Waals surface area contributed by atoms with Crippen LogP contribution in [0.3, 0.4) is 0 Å². The highest BCUT2D eigenvalue weighted by Gasteiger charge is 2.39. The van der Waals surface area contributed by atoms with E-state index in [0.29, 0.717) is 28.6 Å². The molecule has 2 heterocycles. The van der Waals surface area contributed by atoms with E-state index in [2.05, 4.69) is 16.0 Å². The Labute approximate surface area is 193 Å². The van der Waals surface area contributed by atoms with Crippen LogP contribution in [-0.2, 0) is 10.0 Å². The van der Waals surface area contributed by atoms with Crippen molar-refractivity contribution < 1.29 is 21.6 Å². The predicted molar refractivity (Wildman–Crippen MR) is 116 cm³/mol. The van der Waals surface area contributed by atoms with Gasteiger partial charge in [0.25, 0.3) is 0 Å². The van der Waals surface area contributed by atoms with E-state index in [1.165, 1.54) is 0 Å². The maximum absolute atomic E-state index is 12.8. The van der Waals surface area contributed by atoms with Crippen LogP contribution in [0, 0.1) is 18.3 Å². The van der Waals surface area contributed by atoms with Gasteiger partial charge in [-0.3, -0.25) is 0 Å². The number of hydrogen-bond acceptors (Lipinski definition) is 5. The van der Waals surface area contributed by atoms with Gasteiger partial charge in [0.05, 0.1) is 23.5 Å². The molecule has 2 aromatic heterocycles. The van der Waals surface area contributed by atoms with Gasteiger partial charge >= 0.3 is 6.18 Å². The fourth-order valence-electron chi connectivity index (χ4n) is 3.74. The molecule has 4 rings (SSSR count). The van der Waals surface area contributed by atoms with Crippen molar-refractivity contribution in [1.29, 1.82) is 5.26 Å². The van der Waals surface area contributed by atoms with E-state index >= 15 is 0 Å². The molecular formula is C21H19ClF3N5O2S. The van der Waals surface area contributed by atoms with Crippen molar-refractivity contribution in [1.82, 2.24) is 19.3 Å². The van der Waals surface area contributed by atoms with Gasteiger partial charge < -0.3 is 4.57 Å². The number of aromatic nitrogens is 3. The van der Waals surface area contributed by atoms with Gasteiger partial charge in [-0.15, -0.1) is 0 Å². The molecule has 3 aromatic rings. The first kappa shape index (κ1) is 23.5. The Morgan fingerprint density at radius 1 is 1.27 bits per heavy atom. The van der Waals surface area contributed by atoms with Crippen LogP contribution < -0.4 is 4.72 Å². The zero-order valence-electron chi connectivity index (χ0n) is 17.6. The third kappa shape index (κ3) is 4.18. The first-order valence-corrected chi connectivity index (χ1v) is 12.0. The summed E-state index contributed by atoms with van der Waals surface area (Å²) in [6.45, 7) is 2.56. The van der Waals surface area contributed by atoms with E-state index in [1.807, 2.05) is 17.6 Å². The van der Waals surface area contributed by atoms with Crippen molar-refractivity contribution in [2.24, 2.45) is 0 Å². The van der Waals surface area contributed by atoms with E-state index in [0.717, 1.165) is 42.7 Å². The van der Waals surface area contributed by atoms with Crippen LogP contribution in [0.1, 0.15) is 43.4 Å². The molecule has 1 aliphatic carbocycles. The fourth-order valence-corrected chi connectivity index (χ4v) is 5.02. The molecule has 1 aliphatic rings. The van der Waals surface area contributed by atoms with Crippen LogP contribution in [0.4, 0.5) is 13.2 Å². The molecule has 1 fully saturated rings. The summed E-state index contributed by atoms with van der Waals surface area (Å²) in [6, 6.07) is 3.62. The molecule has 0 bridgehead atoms. The number of nitriles is 1. The minimum Gasteiger partial charge on any atom is -0.334 e. The van der Waals surface area contributed by atoms with Crippen LogP contribution in [0.15, 0.2) is 29.4 Å². The predicted octanol–water partition coefficient (Wildman–Crippen LogP) is 4.89. The molecule has 0 spiro atoms. The van der Waals surface area contributed by atoms with Crippen LogP contribution in [0.2, 0.25) is 5.02 Å². The average Bonchev–Trinajstić information content (AvgIpc) is 2.99. The van der Waals surface area contributed by atoms with Crippen LogP contribution >= 0.6 is 11.6 Å². The van der Waals surface area contributed by atoms with Crippen molar-refractivity contribution in [3.8, 4) is 17.6 Å². The van der Waals surface area contributed by atoms with Crippen molar-refractivity contribution in [2.75, 3.05) is 0 Å². The number of benzene rings is 1. The summed E-state index contributed by atoms with van der Waals surface area (Å²) in [5.41, 5.74) is 2.37. The molecule has 0 radical (unpaired) electrons. The largest absolute Gasteiger partial charge is 0.404 e. The lowest BCUT2D eigenvalue weighted by Crippen LogP contribution is -2.43. The number of rotatable bonds is 5. The number of hydrogen-bond donors (Lipinski definition) is 1. The molecule has 0 amide bonds. The number of nitrogens with zero attached hydrogens (tertiary/aromatic N) is 4. The van der Waals surface area contributed by atoms with E-state index in [9.17, 15) is 26.9 Å². The summed E-state index contributed by atoms with van der Waals surface area (Å²) < 4.78 is 66.6. The topological polar surface area (TPSA) is 101 Å². The Morgan fingerprint density at radius 3 is 2.42 bits per heavy atom. The molecule has 0 unspecified atom stereocenters. The van der Waals surface area contributed by atoms with Crippen LogP contribution in [0.5, 0.6) is 0 Å². The Kier molecular flexibility index (Phi) is 5.88. The van der Waals surface area contributed by atoms with Crippen LogP contribution in [0.25, 0.3) is 22.4 Å². The first-order chi connectivity index (χ1) is 15.4. The second-order valence-corrected chi connectivity index (χ2v) is 10.2. The van der Waals surface area contributed by atoms with E-state index in [-0.39, 0.29) is 11.9 Å². The second-order valence-electron chi connectivity index (χ2n) is 8.04. The zero-order chi connectivity index (χ0) is 24.1. The van der Waals surface area contributed by atoms with Gasteiger partial charge in [-0.05, 0) is 50.8 Å². The molecule has 174 valence electrons. The summed E-state index contributed by atoms with van der Waals surface area (Å²) >= 11 is 6.29. The number of nitrogens with one attached hydrogen (secondary N) is 1. The summed E-state index contributed by atoms with van der Waals surface area (Å²) in [6.07, 6.45) is -0.0338. The maximum Gasteiger partial charge on any atom is 0.404 e. The summed E-state index contributed by atoms with van der Waals surface area (Å²) in [4.78, 5) is 7.73. The Morgan fingerprint density at radius 2 is 1.91 bits per heavy atom. The van der Waals surface area contributed by atoms with Crippen molar-refractivity contribution in [2.45, 2.75) is 56.3 Å². The lowest BCUT2D eigenvalue weighted by atomic mass is 9.92. The van der Waals surface area contributed by atoms with E-state index in [4.69, 9.17) is 11.6 Å². The fraction of sp³-hybridized carbons (Fsp3) is 0.381. The summed E-state index contributed by atoms with van der Waals surface area (Å²) in [7, 11) is -4.50. The van der Waals surface area contributed by atoms with E-state index < -0.39 is 27.1 Å². The Balaban J connectivity index is 1.82. The number of fused-ring (bicyclic) bond motifs is 1. The minimum absolute atomic E-state index is 0.103. The highest BCUT2D eigenvalue weighted by molar-refractivity contribution is 7.89. The Bertz CT molecular complexity index is 1370. The first-order valence-electron chi connectivity index (χ1n) is 10.1. The molecule has 1 N–H and O–H groups in total. The normalized spacial score (nSPS) is 15.9. The van der Waals surface area contributed by atoms with Gasteiger partial charge in [-0.2, -0.15) is 23.2 Å². The number of alkyl halides is 3. The van der Waals surface area contributed by atoms with Crippen molar-refractivity contribution >= 4 is 32.5 Å². The standard InChI is InChI=1S/C21H19ClF3N5O2S/c1-11-6-18-15(7-17(11)22)16(8-26)19(30(18)13-4-3-5-13)20-27-9-14(10-28-20)33(31,32)29-12(2)21(23,24)25/h6-7,9-10,12-13,29H,3-5H2,1-2H3/t12-/m0/s1. The van der Waals surface area contributed by atoms with Gasteiger partial charge in [0.1, 0.15) is 22.7 Å². The van der Waals surface area contributed by atoms with Gasteiger partial charge in [-0.1, -0.05) is 11.6 Å². The average molecular weight is 498 g/mol. The molecule has 1 aromatic carbocycles. The monoisotopic (exact) mass is 497 g/mol. The molecule has 33 heavy (non-hydrogen) atoms. The Hall–Kier alpha value is -2.68. The maximum atomic E-state index is 12.8. The molecule has 1 saturated carbocycles. The van der Waals surface area contributed by atoms with Crippen molar-refractivity contribution in [3.63, 3.8) is 0 Å². The molecule has 0 aliphatic heterocycles. The third-order valence-electron chi connectivity index (χ3n) is 5.81. The SMILES string of the molecule is Cc1cc2c(cc1Cl)c(C#N)c(-c1ncc(S(=O)(=O)N[C@@H](C)C(F)(F)F)cn1)n2C1CCC1. The van der Waals surface area contributed by atoms with Gasteiger partial charge in [0.15, 0.2) is 5.82 Å². The summed E-state index contributed by atoms with van der Waals surface area (Å²) in [5, 5.41) is 11.0. The molecule has 1 atom stereocenters.